The Morgan fingerprint density at radius 1 is 0.386 bits per heavy atom. The molecule has 0 amide bonds. The van der Waals surface area contributed by atoms with Gasteiger partial charge in [0.1, 0.15) is 106 Å². The first-order valence-electron chi connectivity index (χ1n) is 48.4. The molecule has 12 heterocycles. The third-order valence-electron chi connectivity index (χ3n) is 27.6. The predicted octanol–water partition coefficient (Wildman–Crippen LogP) is 14.7. The van der Waals surface area contributed by atoms with Gasteiger partial charge in [-0.15, -0.1) is 0 Å². The molecule has 4 aliphatic heterocycles. The van der Waals surface area contributed by atoms with Gasteiger partial charge >= 0.3 is 24.7 Å². The van der Waals surface area contributed by atoms with Crippen molar-refractivity contribution < 1.29 is 106 Å². The number of Topliss-reactive ketones (excluding diaryl/α,β-unsaturated/α-hetero) is 4. The van der Waals surface area contributed by atoms with Gasteiger partial charge in [0, 0.05) is 152 Å². The maximum Gasteiger partial charge on any atom is 0.416 e. The van der Waals surface area contributed by atoms with Crippen molar-refractivity contribution in [3.05, 3.63) is 215 Å². The summed E-state index contributed by atoms with van der Waals surface area (Å²) < 4.78 is 192. The number of anilines is 4. The lowest BCUT2D eigenvalue weighted by Gasteiger charge is -2.42. The molecule has 0 bridgehead atoms. The molecule has 2 saturated carbocycles. The third kappa shape index (κ3) is 26.9. The molecule has 8 atom stereocenters. The van der Waals surface area contributed by atoms with Crippen molar-refractivity contribution in [3.8, 4) is 0 Å². The zero-order valence-electron chi connectivity index (χ0n) is 81.0. The molecule has 4 aromatic carbocycles. The van der Waals surface area contributed by atoms with Crippen molar-refractivity contribution in [2.24, 2.45) is 17.8 Å². The number of likely N-dealkylation sites (tertiary alicyclic amines) is 4. The summed E-state index contributed by atoms with van der Waals surface area (Å²) in [5, 5.41) is 56.5. The van der Waals surface area contributed by atoms with Crippen LogP contribution in [-0.2, 0) is 96.2 Å². The van der Waals surface area contributed by atoms with E-state index >= 15 is 4.39 Å². The van der Waals surface area contributed by atoms with Crippen LogP contribution in [0.3, 0.4) is 0 Å². The molecule has 6 fully saturated rings. The first kappa shape index (κ1) is 107. The number of hydrogen-bond donors (Lipinski definition) is 5. The minimum Gasteiger partial charge on any atom is -0.391 e. The number of aliphatic hydroxyl groups is 5. The van der Waals surface area contributed by atoms with Crippen molar-refractivity contribution >= 4 is 90.5 Å². The number of carbonyl (C=O) groups excluding carboxylic acids is 4. The summed E-state index contributed by atoms with van der Waals surface area (Å²) in [4.78, 5) is 96.6. The number of fused-ring (bicyclic) bond motifs is 4. The topological polar surface area (TPSA) is 318 Å². The fourth-order valence-electron chi connectivity index (χ4n) is 19.7. The Kier molecular flexibility index (Phi) is 33.6. The van der Waals surface area contributed by atoms with Crippen molar-refractivity contribution in [1.82, 2.24) is 77.7 Å². The van der Waals surface area contributed by atoms with E-state index in [4.69, 9.17) is 0 Å². The Morgan fingerprint density at radius 3 is 1.11 bits per heavy atom. The molecule has 0 spiro atoms. The van der Waals surface area contributed by atoms with Crippen LogP contribution < -0.4 is 19.6 Å². The molecule has 6 aliphatic rings. The number of aromatic nitrogens is 12. The molecule has 43 heteroatoms. The van der Waals surface area contributed by atoms with Crippen LogP contribution in [0.4, 0.5) is 84.7 Å². The van der Waals surface area contributed by atoms with E-state index in [2.05, 4.69) is 44.8 Å². The lowest BCUT2D eigenvalue weighted by Crippen LogP contribution is -2.58. The monoisotopic (exact) mass is 2030 g/mol. The summed E-state index contributed by atoms with van der Waals surface area (Å²) in [6, 6.07) is 24.0. The summed E-state index contributed by atoms with van der Waals surface area (Å²) in [5.41, 5.74) is 0.230. The first-order chi connectivity index (χ1) is 68.8. The van der Waals surface area contributed by atoms with Crippen LogP contribution in [0.1, 0.15) is 137 Å². The first-order valence-corrected chi connectivity index (χ1v) is 48.4. The van der Waals surface area contributed by atoms with Gasteiger partial charge in [-0.05, 0) is 196 Å². The fraction of sp³-hybridized carbons (Fsp3) is 0.490. The number of hydrogen-bond acceptors (Lipinski definition) is 25. The second kappa shape index (κ2) is 45.5. The molecular formula is C102H118F14N20O9. The second-order valence-electron chi connectivity index (χ2n) is 38.8. The van der Waals surface area contributed by atoms with Gasteiger partial charge in [0.15, 0.2) is 5.82 Å². The SMILES string of the molecule is CC(=O)CN1CCC(Cn2cc(F)c3c(N(Cc4ccc(C(F)(F)F)cc4)C4CC4)ncnc32)[C@@H](O)C1.CC(=O)CN1CCC(Cn2ccc3c(N(Cc4ccc(C(F)(F)F)cc4)C4CC4)ncnc32)[C@@H](O)C1.CCN(Cc1ccc(C(F)(F)F)cc1)c1ncnc2c1ccn2CC1CCN(CC(C)=O)C[C@@H]1O.CCN(Cc1ccc(C(F)(F)F)cc1F)c1ncnc2c1ccn2C[C@]1(O)CCN(CC(C)=O)C[C@H]1O. The van der Waals surface area contributed by atoms with E-state index in [1.807, 2.05) is 72.0 Å². The van der Waals surface area contributed by atoms with Gasteiger partial charge in [-0.1, -0.05) is 42.5 Å². The molecule has 3 unspecified atom stereocenters. The molecule has 0 radical (unpaired) electrons. The predicted molar refractivity (Wildman–Crippen MR) is 514 cm³/mol. The van der Waals surface area contributed by atoms with E-state index in [1.54, 1.807) is 45.0 Å². The molecule has 145 heavy (non-hydrogen) atoms. The van der Waals surface area contributed by atoms with E-state index in [-0.39, 0.29) is 90.5 Å². The van der Waals surface area contributed by atoms with Crippen LogP contribution in [0.25, 0.3) is 44.1 Å². The molecule has 778 valence electrons. The Balaban J connectivity index is 0.000000145. The summed E-state index contributed by atoms with van der Waals surface area (Å²) >= 11 is 0. The van der Waals surface area contributed by atoms with Crippen molar-refractivity contribution in [2.45, 2.75) is 212 Å². The average molecular weight is 2030 g/mol. The number of β-amino-alcohol motifs (C(OH)–C–C–N with tert-alkyl or cyclic N) is 4. The van der Waals surface area contributed by atoms with Gasteiger partial charge in [0.05, 0.1) is 101 Å². The standard InChI is InChI=1S/C26H29F4N5O2.C26H30F3N5O2.C25H29F4N5O3.C25H30F3N5O2/c1-16(36)10-33-9-8-18(22(37)14-33)12-34-13-21(27)23-24(34)31-15-32-25(23)35(20-6-7-20)11-17-2-4-19(5-3-17)26(28,29)30;1-17(35)12-32-10-8-19(23(36)15-32)14-33-11-9-22-24(33)30-16-31-25(22)34(21-6-7-21)13-18-2-4-20(5-3-18)26(27,28)29;1-3-33(12-17-4-5-18(10-20(17)26)25(27,28)29)22-19-6-8-34(23(19)31-15-30-22)14-24(37)7-9-32(11-16(2)35)13-21(24)36;1-3-32(13-18-4-6-20(7-5-18)25(26,27)28)23-21-9-11-33(24(21)30-16-29-23)14-19-8-10-31(12-17(2)34)15-22(19)35/h2-5,13,15,18,20,22,37H,6-12,14H2,1H3;2-5,9,11,16,19,21,23,36H,6-8,10,12-15H2,1H3;4-6,8,10,15,21,36-37H,3,7,9,11-14H2,1-2H3;4-7,9,11,16,19,22,35H,3,8,10,12-15H2,1-2H3/t18?,22-;19?,23-;21-,24-;19?,22-/m0010/s1. The van der Waals surface area contributed by atoms with Crippen molar-refractivity contribution in [3.63, 3.8) is 0 Å². The lowest BCUT2D eigenvalue weighted by atomic mass is 9.88. The Hall–Kier alpha value is -12.1. The molecular weight excluding hydrogens is 1920 g/mol. The minimum absolute atomic E-state index is 0.00754. The molecule has 12 aromatic rings. The Morgan fingerprint density at radius 2 is 0.731 bits per heavy atom. The molecule has 4 saturated heterocycles. The highest BCUT2D eigenvalue weighted by atomic mass is 19.4. The highest BCUT2D eigenvalue weighted by Gasteiger charge is 2.44. The van der Waals surface area contributed by atoms with Crippen molar-refractivity contribution in [1.29, 1.82) is 0 Å². The maximum atomic E-state index is 15.3. The number of benzene rings is 4. The Bertz CT molecular complexity index is 6470. The van der Waals surface area contributed by atoms with Crippen LogP contribution in [0.2, 0.25) is 0 Å². The highest BCUT2D eigenvalue weighted by molar-refractivity contribution is 5.91. The highest BCUT2D eigenvalue weighted by Crippen LogP contribution is 2.43. The number of nitrogens with zero attached hydrogens (tertiary/aromatic N) is 20. The Labute approximate surface area is 827 Å². The number of rotatable bonds is 32. The number of alkyl halides is 12. The van der Waals surface area contributed by atoms with Gasteiger partial charge in [-0.2, -0.15) is 52.7 Å². The smallest absolute Gasteiger partial charge is 0.391 e. The van der Waals surface area contributed by atoms with E-state index in [0.717, 1.165) is 139 Å². The van der Waals surface area contributed by atoms with Crippen LogP contribution in [0.15, 0.2) is 159 Å². The van der Waals surface area contributed by atoms with Gasteiger partial charge in [0.2, 0.25) is 0 Å². The number of halogens is 14. The van der Waals surface area contributed by atoms with Gasteiger partial charge in [-0.25, -0.2) is 48.7 Å². The van der Waals surface area contributed by atoms with Crippen LogP contribution in [0, 0.1) is 29.4 Å². The minimum atomic E-state index is -4.63. The average Bonchev–Trinajstić information content (AvgIpc) is 1.61. The lowest BCUT2D eigenvalue weighted by molar-refractivity contribution is -0.138. The van der Waals surface area contributed by atoms with Gasteiger partial charge in [-0.3, -0.25) is 38.8 Å². The number of aliphatic hydroxyl groups excluding tert-OH is 4. The molecule has 5 N–H and O–H groups in total. The van der Waals surface area contributed by atoms with Gasteiger partial charge < -0.3 is 63.4 Å². The fourth-order valence-corrected chi connectivity index (χ4v) is 19.7. The summed E-state index contributed by atoms with van der Waals surface area (Å²) in [6.07, 6.45) is -1.55. The largest absolute Gasteiger partial charge is 0.416 e. The van der Waals surface area contributed by atoms with E-state index < -0.39 is 88.6 Å². The number of carbonyl (C=O) groups is 4. The summed E-state index contributed by atoms with van der Waals surface area (Å²) in [5.74, 6) is 1.13. The maximum absolute atomic E-state index is 15.3. The zero-order valence-corrected chi connectivity index (χ0v) is 81.0. The second-order valence-corrected chi connectivity index (χ2v) is 38.8. The molecule has 2 aliphatic carbocycles. The van der Waals surface area contributed by atoms with E-state index in [0.29, 0.717) is 163 Å². The third-order valence-corrected chi connectivity index (χ3v) is 27.6. The number of ketones is 4. The molecule has 8 aromatic heterocycles. The van der Waals surface area contributed by atoms with Crippen LogP contribution >= 0.6 is 0 Å². The molecule has 29 nitrogen and oxygen atoms in total. The summed E-state index contributed by atoms with van der Waals surface area (Å²) in [6.45, 7) is 19.1. The van der Waals surface area contributed by atoms with Crippen molar-refractivity contribution in [2.75, 3.05) is 111 Å². The molecule has 18 rings (SSSR count). The normalized spacial score (nSPS) is 20.6. The summed E-state index contributed by atoms with van der Waals surface area (Å²) in [7, 11) is 0. The quantitative estimate of drug-likeness (QED) is 0.0245. The van der Waals surface area contributed by atoms with Crippen LogP contribution in [-0.4, -0.2) is 260 Å². The number of piperidine rings is 4. The van der Waals surface area contributed by atoms with E-state index in [9.17, 15) is 102 Å². The van der Waals surface area contributed by atoms with E-state index in [1.165, 1.54) is 81.8 Å². The zero-order chi connectivity index (χ0) is 104. The van der Waals surface area contributed by atoms with Gasteiger partial charge in [0.25, 0.3) is 0 Å². The van der Waals surface area contributed by atoms with Crippen LogP contribution in [0.5, 0.6) is 0 Å².